The molecule has 5 rings (SSSR count). The number of hydrogen-bond donors (Lipinski definition) is 2. The highest BCUT2D eigenvalue weighted by atomic mass is 32.2. The Bertz CT molecular complexity index is 1330. The summed E-state index contributed by atoms with van der Waals surface area (Å²) in [5, 5.41) is 8.06. The summed E-state index contributed by atoms with van der Waals surface area (Å²) in [5.41, 5.74) is 1.67. The van der Waals surface area contributed by atoms with Crippen molar-refractivity contribution in [3.8, 4) is 11.3 Å². The molecule has 1 fully saturated rings. The number of nitrogens with zero attached hydrogens (tertiary/aromatic N) is 5. The highest BCUT2D eigenvalue weighted by Gasteiger charge is 2.23. The van der Waals surface area contributed by atoms with Gasteiger partial charge < -0.3 is 14.8 Å². The van der Waals surface area contributed by atoms with Gasteiger partial charge in [0.1, 0.15) is 23.6 Å². The molecule has 1 saturated heterocycles. The van der Waals surface area contributed by atoms with Gasteiger partial charge in [-0.3, -0.25) is 0 Å². The lowest BCUT2D eigenvalue weighted by Gasteiger charge is -2.23. The van der Waals surface area contributed by atoms with E-state index in [1.54, 1.807) is 29.2 Å². The van der Waals surface area contributed by atoms with Crippen LogP contribution in [0.1, 0.15) is 38.8 Å². The van der Waals surface area contributed by atoms with Crippen LogP contribution in [0.2, 0.25) is 0 Å². The maximum atomic E-state index is 15.2. The zero-order valence-corrected chi connectivity index (χ0v) is 20.0. The second kappa shape index (κ2) is 10.5. The van der Waals surface area contributed by atoms with E-state index in [1.807, 2.05) is 6.92 Å². The molecule has 1 unspecified atom stereocenters. The van der Waals surface area contributed by atoms with Crippen molar-refractivity contribution in [1.82, 2.24) is 24.7 Å². The summed E-state index contributed by atoms with van der Waals surface area (Å²) in [4.78, 5) is 13.2. The summed E-state index contributed by atoms with van der Waals surface area (Å²) in [5.74, 6) is -0.376. The van der Waals surface area contributed by atoms with Gasteiger partial charge in [0.05, 0.1) is 23.0 Å². The Morgan fingerprint density at radius 2 is 2.09 bits per heavy atom. The van der Waals surface area contributed by atoms with Crippen LogP contribution in [0.25, 0.3) is 22.3 Å². The first-order chi connectivity index (χ1) is 17.2. The minimum absolute atomic E-state index is 0.181. The van der Waals surface area contributed by atoms with Crippen LogP contribution in [0.5, 0.6) is 0 Å². The first kappa shape index (κ1) is 23.4. The van der Waals surface area contributed by atoms with Gasteiger partial charge >= 0.3 is 0 Å². The summed E-state index contributed by atoms with van der Waals surface area (Å²) in [6, 6.07) is 6.14. The normalized spacial score (nSPS) is 15.9. The molecule has 4 heterocycles. The summed E-state index contributed by atoms with van der Waals surface area (Å²) >= 11 is 1.36. The predicted molar refractivity (Wildman–Crippen MR) is 133 cm³/mol. The molecule has 1 aliphatic rings. The number of aromatic nitrogens is 5. The molecule has 0 radical (unpaired) electrons. The van der Waals surface area contributed by atoms with Gasteiger partial charge in [-0.05, 0) is 49.9 Å². The third-order valence-corrected chi connectivity index (χ3v) is 6.68. The Kier molecular flexibility index (Phi) is 7.05. The summed E-state index contributed by atoms with van der Waals surface area (Å²) < 4.78 is 40.5. The molecule has 1 aromatic carbocycles. The quantitative estimate of drug-likeness (QED) is 0.224. The molecule has 3 aromatic heterocycles. The van der Waals surface area contributed by atoms with Crippen LogP contribution in [-0.4, -0.2) is 37.1 Å². The molecule has 1 aliphatic heterocycles. The summed E-state index contributed by atoms with van der Waals surface area (Å²) in [6.45, 7) is 2.71. The van der Waals surface area contributed by atoms with Crippen LogP contribution < -0.4 is 10.0 Å². The fraction of sp³-hybridized carbons (Fsp3) is 0.333. The maximum absolute atomic E-state index is 15.2. The Morgan fingerprint density at radius 3 is 2.91 bits per heavy atom. The summed E-state index contributed by atoms with van der Waals surface area (Å²) in [6.07, 6.45) is 8.39. The molecule has 0 aliphatic carbocycles. The second-order valence-corrected chi connectivity index (χ2v) is 9.03. The molecule has 0 spiro atoms. The minimum atomic E-state index is -0.722. The van der Waals surface area contributed by atoms with Crippen LogP contribution in [0.15, 0.2) is 43.0 Å². The fourth-order valence-electron chi connectivity index (χ4n) is 4.00. The van der Waals surface area contributed by atoms with Crippen LogP contribution in [-0.2, 0) is 4.74 Å². The molecule has 8 nitrogen and oxygen atoms in total. The number of hydrogen-bond acceptors (Lipinski definition) is 8. The lowest BCUT2D eigenvalue weighted by atomic mass is 10.1. The number of rotatable bonds is 8. The molecule has 0 amide bonds. The first-order valence-corrected chi connectivity index (χ1v) is 12.5. The third-order valence-electron chi connectivity index (χ3n) is 5.71. The largest absolute Gasteiger partial charge is 0.356 e. The molecule has 182 valence electrons. The smallest absolute Gasteiger partial charge is 0.173 e. The molecule has 4 aromatic rings. The second-order valence-electron chi connectivity index (χ2n) is 8.13. The van der Waals surface area contributed by atoms with Gasteiger partial charge in [0, 0.05) is 24.1 Å². The predicted octanol–water partition coefficient (Wildman–Crippen LogP) is 6.08. The number of nitrogens with one attached hydrogen (secondary N) is 2. The van der Waals surface area contributed by atoms with Crippen LogP contribution in [0, 0.1) is 11.6 Å². The zero-order chi connectivity index (χ0) is 24.2. The fourth-order valence-corrected chi connectivity index (χ4v) is 4.61. The van der Waals surface area contributed by atoms with Crippen molar-refractivity contribution in [2.24, 2.45) is 0 Å². The van der Waals surface area contributed by atoms with Gasteiger partial charge in [0.25, 0.3) is 0 Å². The summed E-state index contributed by atoms with van der Waals surface area (Å²) in [7, 11) is 0. The molecule has 2 N–H and O–H groups in total. The Balaban J connectivity index is 1.51. The van der Waals surface area contributed by atoms with Gasteiger partial charge in [-0.2, -0.15) is 5.10 Å². The Hall–Kier alpha value is -3.31. The lowest BCUT2D eigenvalue weighted by Crippen LogP contribution is -2.19. The van der Waals surface area contributed by atoms with Gasteiger partial charge in [-0.25, -0.2) is 28.4 Å². The molecular weight excluding hydrogens is 472 g/mol. The van der Waals surface area contributed by atoms with Crippen LogP contribution >= 0.6 is 11.9 Å². The van der Waals surface area contributed by atoms with Crippen LogP contribution in [0.4, 0.5) is 26.0 Å². The van der Waals surface area contributed by atoms with E-state index in [2.05, 4.69) is 30.1 Å². The van der Waals surface area contributed by atoms with Gasteiger partial charge in [0.2, 0.25) is 0 Å². The zero-order valence-electron chi connectivity index (χ0n) is 19.2. The maximum Gasteiger partial charge on any atom is 0.173 e. The molecular formula is C24H25F2N7OS. The number of halogens is 2. The minimum Gasteiger partial charge on any atom is -0.356 e. The van der Waals surface area contributed by atoms with E-state index in [-0.39, 0.29) is 23.4 Å². The van der Waals surface area contributed by atoms with Crippen LogP contribution in [0.3, 0.4) is 0 Å². The number of ether oxygens (including phenoxy) is 1. The van der Waals surface area contributed by atoms with Gasteiger partial charge in [-0.15, -0.1) is 0 Å². The van der Waals surface area contributed by atoms with E-state index in [0.717, 1.165) is 31.4 Å². The number of pyridine rings is 1. The van der Waals surface area contributed by atoms with E-state index in [9.17, 15) is 4.39 Å². The van der Waals surface area contributed by atoms with Crippen molar-refractivity contribution >= 4 is 40.2 Å². The number of benzene rings is 1. The topological polar surface area (TPSA) is 89.8 Å². The molecule has 11 heteroatoms. The van der Waals surface area contributed by atoms with Crippen molar-refractivity contribution < 1.29 is 13.5 Å². The average Bonchev–Trinajstić information content (AvgIpc) is 3.33. The molecule has 1 atom stereocenters. The van der Waals surface area contributed by atoms with E-state index < -0.39 is 11.6 Å². The first-order valence-electron chi connectivity index (χ1n) is 11.6. The van der Waals surface area contributed by atoms with Gasteiger partial charge in [-0.1, -0.05) is 18.9 Å². The SMILES string of the molecule is CCCSNc1ccc(F)c(Nc2ncccc2-c2ncnc3c2cnn3C2CCCCO2)c1F. The highest BCUT2D eigenvalue weighted by molar-refractivity contribution is 8.00. The van der Waals surface area contributed by atoms with E-state index >= 15 is 4.39 Å². The van der Waals surface area contributed by atoms with E-state index in [4.69, 9.17) is 4.74 Å². The molecule has 35 heavy (non-hydrogen) atoms. The lowest BCUT2D eigenvalue weighted by molar-refractivity contribution is -0.0370. The van der Waals surface area contributed by atoms with Crippen molar-refractivity contribution in [2.45, 2.75) is 38.8 Å². The van der Waals surface area contributed by atoms with Crippen molar-refractivity contribution in [3.05, 3.63) is 54.6 Å². The molecule has 0 saturated carbocycles. The van der Waals surface area contributed by atoms with Crippen molar-refractivity contribution in [1.29, 1.82) is 0 Å². The van der Waals surface area contributed by atoms with E-state index in [1.165, 1.54) is 30.4 Å². The van der Waals surface area contributed by atoms with Crippen molar-refractivity contribution in [2.75, 3.05) is 22.4 Å². The third kappa shape index (κ3) is 4.78. The monoisotopic (exact) mass is 497 g/mol. The number of fused-ring (bicyclic) bond motifs is 1. The average molecular weight is 498 g/mol. The Labute approximate surface area is 205 Å². The highest BCUT2D eigenvalue weighted by Crippen LogP contribution is 2.35. The Morgan fingerprint density at radius 1 is 1.17 bits per heavy atom. The van der Waals surface area contributed by atoms with Crippen molar-refractivity contribution in [3.63, 3.8) is 0 Å². The standard InChI is InChI=1S/C24H25F2N7OS/c1-2-12-35-32-18-9-8-17(25)22(20(18)26)31-23-15(6-5-10-27-23)21-16-13-30-33(24(16)29-14-28-21)19-7-3-4-11-34-19/h5-6,8-10,13-14,19,32H,2-4,7,11-12H2,1H3,(H,27,31). The van der Waals surface area contributed by atoms with Gasteiger partial charge in [0.15, 0.2) is 17.7 Å². The van der Waals surface area contributed by atoms with E-state index in [0.29, 0.717) is 28.9 Å². The number of anilines is 3. The molecule has 0 bridgehead atoms.